The number of nitrogens with zero attached hydrogens (tertiary/aromatic N) is 4. The number of rotatable bonds is 8. The summed E-state index contributed by atoms with van der Waals surface area (Å²) < 4.78 is 71.1. The van der Waals surface area contributed by atoms with Crippen molar-refractivity contribution in [2.75, 3.05) is 31.7 Å². The van der Waals surface area contributed by atoms with Crippen molar-refractivity contribution in [1.82, 2.24) is 18.4 Å². The van der Waals surface area contributed by atoms with Gasteiger partial charge in [0, 0.05) is 50.7 Å². The molecule has 0 bridgehead atoms. The molecule has 2 aromatic heterocycles. The Hall–Kier alpha value is -3.29. The molecule has 1 amide bonds. The van der Waals surface area contributed by atoms with Crippen LogP contribution < -0.4 is 14.4 Å². The van der Waals surface area contributed by atoms with Gasteiger partial charge in [-0.15, -0.1) is 0 Å². The number of anilines is 1. The zero-order chi connectivity index (χ0) is 28.0. The molecule has 3 aliphatic rings. The van der Waals surface area contributed by atoms with Gasteiger partial charge in [0.25, 0.3) is 5.91 Å². The fourth-order valence-electron chi connectivity index (χ4n) is 5.41. The van der Waals surface area contributed by atoms with Crippen LogP contribution in [0.3, 0.4) is 0 Å². The number of carbonyl (C=O) groups is 1. The van der Waals surface area contributed by atoms with E-state index >= 15 is 0 Å². The third-order valence-electron chi connectivity index (χ3n) is 7.76. The van der Waals surface area contributed by atoms with Crippen LogP contribution in [0.2, 0.25) is 0 Å². The standard InChI is InChI=1S/C27H31F2N5O5S/c1-32(19-3-4-19)40(36,37)31-27(35)24-14-30-26-7-5-20(16-34(24)26)33-15-18(29)13-23(33)22-12-17(28)2-6-25(22)39-21-8-10-38-11-9-21/h2,5-7,12,14,16,18-19,21,23H,3-4,8-11,13,15H2,1H3,(H,31,35)/t18-,23+/m0/s1. The van der Waals surface area contributed by atoms with Crippen LogP contribution >= 0.6 is 0 Å². The molecule has 0 radical (unpaired) electrons. The number of nitrogens with one attached hydrogen (secondary N) is 1. The largest absolute Gasteiger partial charge is 0.490 e. The molecule has 214 valence electrons. The number of carbonyl (C=O) groups excluding carboxylic acids is 1. The predicted molar refractivity (Wildman–Crippen MR) is 143 cm³/mol. The first-order chi connectivity index (χ1) is 19.2. The van der Waals surface area contributed by atoms with E-state index in [0.29, 0.717) is 48.7 Å². The van der Waals surface area contributed by atoms with Crippen molar-refractivity contribution < 1.29 is 31.5 Å². The molecular weight excluding hydrogens is 544 g/mol. The third kappa shape index (κ3) is 5.37. The van der Waals surface area contributed by atoms with Crippen LogP contribution in [0.4, 0.5) is 14.5 Å². The number of ether oxygens (including phenoxy) is 2. The second-order valence-corrected chi connectivity index (χ2v) is 12.3. The summed E-state index contributed by atoms with van der Waals surface area (Å²) in [5, 5.41) is 0. The normalized spacial score (nSPS) is 22.2. The number of hydrogen-bond acceptors (Lipinski definition) is 7. The summed E-state index contributed by atoms with van der Waals surface area (Å²) in [5.41, 5.74) is 1.56. The van der Waals surface area contributed by atoms with E-state index in [1.807, 2.05) is 4.90 Å². The highest BCUT2D eigenvalue weighted by atomic mass is 32.2. The molecule has 0 spiro atoms. The summed E-state index contributed by atoms with van der Waals surface area (Å²) in [6, 6.07) is 7.11. The summed E-state index contributed by atoms with van der Waals surface area (Å²) in [6.07, 6.45) is 4.74. The van der Waals surface area contributed by atoms with Crippen molar-refractivity contribution >= 4 is 27.5 Å². The van der Waals surface area contributed by atoms with E-state index in [0.717, 1.165) is 17.1 Å². The Balaban J connectivity index is 1.30. The topological polar surface area (TPSA) is 105 Å². The molecule has 3 fully saturated rings. The summed E-state index contributed by atoms with van der Waals surface area (Å²) in [4.78, 5) is 19.1. The zero-order valence-corrected chi connectivity index (χ0v) is 22.8. The predicted octanol–water partition coefficient (Wildman–Crippen LogP) is 3.39. The Morgan fingerprint density at radius 1 is 1.18 bits per heavy atom. The molecule has 2 aliphatic heterocycles. The van der Waals surface area contributed by atoms with Crippen molar-refractivity contribution in [2.45, 2.75) is 56.5 Å². The van der Waals surface area contributed by atoms with Crippen LogP contribution in [-0.2, 0) is 14.9 Å². The molecule has 6 rings (SSSR count). The van der Waals surface area contributed by atoms with E-state index in [9.17, 15) is 22.0 Å². The van der Waals surface area contributed by atoms with Crippen molar-refractivity contribution in [2.24, 2.45) is 0 Å². The van der Waals surface area contributed by atoms with E-state index < -0.39 is 34.1 Å². The molecule has 10 nitrogen and oxygen atoms in total. The van der Waals surface area contributed by atoms with Crippen molar-refractivity contribution in [3.8, 4) is 5.75 Å². The number of imidazole rings is 1. The average molecular weight is 576 g/mol. The van der Waals surface area contributed by atoms with Gasteiger partial charge in [0.05, 0.1) is 31.1 Å². The molecule has 13 heteroatoms. The maximum absolute atomic E-state index is 14.9. The minimum atomic E-state index is -4.01. The van der Waals surface area contributed by atoms with Gasteiger partial charge in [-0.05, 0) is 43.2 Å². The van der Waals surface area contributed by atoms with E-state index in [1.54, 1.807) is 24.4 Å². The molecule has 1 aliphatic carbocycles. The summed E-state index contributed by atoms with van der Waals surface area (Å²) in [6.45, 7) is 1.23. The number of halogens is 2. The van der Waals surface area contributed by atoms with E-state index in [4.69, 9.17) is 9.47 Å². The Kier molecular flexibility index (Phi) is 7.13. The first kappa shape index (κ1) is 26.9. The Labute approximate surface area is 231 Å². The first-order valence-electron chi connectivity index (χ1n) is 13.4. The maximum atomic E-state index is 14.9. The third-order valence-corrected chi connectivity index (χ3v) is 9.26. The molecule has 4 heterocycles. The number of alkyl halides is 1. The number of hydrogen-bond donors (Lipinski definition) is 1. The molecular formula is C27H31F2N5O5S. The Morgan fingerprint density at radius 2 is 1.95 bits per heavy atom. The number of pyridine rings is 1. The highest BCUT2D eigenvalue weighted by Crippen LogP contribution is 2.42. The maximum Gasteiger partial charge on any atom is 0.304 e. The average Bonchev–Trinajstić information content (AvgIpc) is 3.58. The lowest BCUT2D eigenvalue weighted by Crippen LogP contribution is -2.42. The molecule has 1 saturated carbocycles. The van der Waals surface area contributed by atoms with Gasteiger partial charge in [0.15, 0.2) is 0 Å². The summed E-state index contributed by atoms with van der Waals surface area (Å²) >= 11 is 0. The van der Waals surface area contributed by atoms with E-state index in [-0.39, 0.29) is 30.8 Å². The fourth-order valence-corrected chi connectivity index (χ4v) is 6.49. The molecule has 2 saturated heterocycles. The highest BCUT2D eigenvalue weighted by Gasteiger charge is 2.37. The quantitative estimate of drug-likeness (QED) is 0.439. The smallest absolute Gasteiger partial charge is 0.304 e. The summed E-state index contributed by atoms with van der Waals surface area (Å²) in [7, 11) is -2.58. The molecule has 0 unspecified atom stereocenters. The number of fused-ring (bicyclic) bond motifs is 1. The van der Waals surface area contributed by atoms with Gasteiger partial charge in [0.2, 0.25) is 0 Å². The first-order valence-corrected chi connectivity index (χ1v) is 14.9. The fraction of sp³-hybridized carbons (Fsp3) is 0.481. The SMILES string of the molecule is CN(C1CC1)S(=O)(=O)NC(=O)c1cnc2ccc(N3C[C@@H](F)C[C@@H]3c3cc(F)ccc3OC3CCOCC3)cn12. The van der Waals surface area contributed by atoms with Crippen molar-refractivity contribution in [3.05, 3.63) is 59.8 Å². The van der Waals surface area contributed by atoms with Gasteiger partial charge in [-0.2, -0.15) is 12.7 Å². The molecule has 2 atom stereocenters. The summed E-state index contributed by atoms with van der Waals surface area (Å²) in [5.74, 6) is -0.764. The van der Waals surface area contributed by atoms with Gasteiger partial charge >= 0.3 is 10.2 Å². The molecule has 40 heavy (non-hydrogen) atoms. The van der Waals surface area contributed by atoms with Crippen molar-refractivity contribution in [3.63, 3.8) is 0 Å². The number of amides is 1. The van der Waals surface area contributed by atoms with Crippen LogP contribution in [0.15, 0.2) is 42.7 Å². The molecule has 3 aromatic rings. The van der Waals surface area contributed by atoms with Crippen LogP contribution in [0.25, 0.3) is 5.65 Å². The molecule has 1 aromatic carbocycles. The van der Waals surface area contributed by atoms with Crippen molar-refractivity contribution in [1.29, 1.82) is 0 Å². The van der Waals surface area contributed by atoms with Gasteiger partial charge in [-0.1, -0.05) is 0 Å². The lowest BCUT2D eigenvalue weighted by Gasteiger charge is -2.30. The Morgan fingerprint density at radius 3 is 2.70 bits per heavy atom. The second kappa shape index (κ2) is 10.6. The lowest BCUT2D eigenvalue weighted by atomic mass is 10.0. The number of aromatic nitrogens is 2. The van der Waals surface area contributed by atoms with Gasteiger partial charge < -0.3 is 14.4 Å². The van der Waals surface area contributed by atoms with E-state index in [1.165, 1.54) is 29.8 Å². The van der Waals surface area contributed by atoms with Crippen LogP contribution in [-0.4, -0.2) is 73.1 Å². The van der Waals surface area contributed by atoms with Crippen LogP contribution in [0.5, 0.6) is 5.75 Å². The minimum absolute atomic E-state index is 0.0199. The number of benzene rings is 1. The van der Waals surface area contributed by atoms with Gasteiger partial charge in [0.1, 0.15) is 35.2 Å². The second-order valence-electron chi connectivity index (χ2n) is 10.6. The van der Waals surface area contributed by atoms with Gasteiger partial charge in [-0.25, -0.2) is 18.5 Å². The highest BCUT2D eigenvalue weighted by molar-refractivity contribution is 7.87. The van der Waals surface area contributed by atoms with Gasteiger partial charge in [-0.3, -0.25) is 9.20 Å². The molecule has 1 N–H and O–H groups in total. The Bertz CT molecular complexity index is 1520. The zero-order valence-electron chi connectivity index (χ0n) is 22.0. The van der Waals surface area contributed by atoms with Crippen LogP contribution in [0, 0.1) is 5.82 Å². The monoisotopic (exact) mass is 575 g/mol. The minimum Gasteiger partial charge on any atom is -0.490 e. The van der Waals surface area contributed by atoms with Crippen LogP contribution in [0.1, 0.15) is 54.2 Å². The lowest BCUT2D eigenvalue weighted by molar-refractivity contribution is 0.0250. The van der Waals surface area contributed by atoms with E-state index in [2.05, 4.69) is 9.71 Å².